The Morgan fingerprint density at radius 2 is 2.05 bits per heavy atom. The molecule has 21 heavy (non-hydrogen) atoms. The highest BCUT2D eigenvalue weighted by Gasteiger charge is 2.42. The van der Waals surface area contributed by atoms with Crippen LogP contribution in [0.15, 0.2) is 12.3 Å². The molecule has 118 valence electrons. The summed E-state index contributed by atoms with van der Waals surface area (Å²) in [7, 11) is 0. The van der Waals surface area contributed by atoms with E-state index in [9.17, 15) is 0 Å². The highest BCUT2D eigenvalue weighted by Crippen LogP contribution is 2.43. The summed E-state index contributed by atoms with van der Waals surface area (Å²) in [5.74, 6) is 0.630. The largest absolute Gasteiger partial charge is 0.383 e. The number of ether oxygens (including phenoxy) is 1. The van der Waals surface area contributed by atoms with E-state index in [0.717, 1.165) is 31.6 Å². The van der Waals surface area contributed by atoms with Gasteiger partial charge in [-0.2, -0.15) is 0 Å². The molecular formula is C17H29N3O. The minimum absolute atomic E-state index is 0.122. The molecule has 1 aromatic rings. The average Bonchev–Trinajstić information content (AvgIpc) is 2.47. The van der Waals surface area contributed by atoms with E-state index < -0.39 is 0 Å². The van der Waals surface area contributed by atoms with Gasteiger partial charge in [0.1, 0.15) is 5.82 Å². The van der Waals surface area contributed by atoms with Gasteiger partial charge in [0, 0.05) is 18.4 Å². The Labute approximate surface area is 128 Å². The number of nitrogen functional groups attached to an aromatic ring is 1. The summed E-state index contributed by atoms with van der Waals surface area (Å²) in [4.78, 5) is 4.31. The summed E-state index contributed by atoms with van der Waals surface area (Å²) in [6, 6.07) is 2.16. The molecule has 0 amide bonds. The standard InChI is InChI=1S/C17H29N3O/c1-4-19-15(14-13(3)9-12-20-16(14)18)17(21-5-2)10-7-6-8-11-17/h9,12,15,19H,4-8,10-11H2,1-3H3,(H2,18,20). The number of nitrogens with one attached hydrogen (secondary N) is 1. The van der Waals surface area contributed by atoms with E-state index in [1.165, 1.54) is 24.8 Å². The summed E-state index contributed by atoms with van der Waals surface area (Å²) in [6.07, 6.45) is 7.71. The topological polar surface area (TPSA) is 60.2 Å². The number of nitrogens with zero attached hydrogens (tertiary/aromatic N) is 1. The monoisotopic (exact) mass is 291 g/mol. The maximum absolute atomic E-state index is 6.30. The first-order valence-corrected chi connectivity index (χ1v) is 8.23. The molecular weight excluding hydrogens is 262 g/mol. The molecule has 0 bridgehead atoms. The van der Waals surface area contributed by atoms with E-state index in [1.807, 2.05) is 6.07 Å². The minimum atomic E-state index is -0.148. The van der Waals surface area contributed by atoms with E-state index in [2.05, 4.69) is 31.1 Å². The molecule has 1 unspecified atom stereocenters. The smallest absolute Gasteiger partial charge is 0.128 e. The number of pyridine rings is 1. The van der Waals surface area contributed by atoms with Gasteiger partial charge in [-0.15, -0.1) is 0 Å². The van der Waals surface area contributed by atoms with Crippen LogP contribution in [0.1, 0.15) is 63.1 Å². The van der Waals surface area contributed by atoms with Gasteiger partial charge in [-0.3, -0.25) is 0 Å². The number of nitrogens with two attached hydrogens (primary N) is 1. The summed E-state index contributed by atoms with van der Waals surface area (Å²) < 4.78 is 6.30. The molecule has 0 saturated heterocycles. The van der Waals surface area contributed by atoms with Crippen LogP contribution < -0.4 is 11.1 Å². The van der Waals surface area contributed by atoms with Crippen LogP contribution in [0.25, 0.3) is 0 Å². The number of aryl methyl sites for hydroxylation is 1. The third-order valence-electron chi connectivity index (χ3n) is 4.59. The van der Waals surface area contributed by atoms with Gasteiger partial charge in [0.15, 0.2) is 0 Å². The highest BCUT2D eigenvalue weighted by molar-refractivity contribution is 5.47. The molecule has 1 aliphatic carbocycles. The molecule has 1 heterocycles. The van der Waals surface area contributed by atoms with Crippen LogP contribution >= 0.6 is 0 Å². The Bertz CT molecular complexity index is 430. The van der Waals surface area contributed by atoms with Crippen LogP contribution in [0.4, 0.5) is 5.82 Å². The Hall–Kier alpha value is -1.13. The van der Waals surface area contributed by atoms with Crippen molar-refractivity contribution in [3.63, 3.8) is 0 Å². The number of anilines is 1. The summed E-state index contributed by atoms with van der Waals surface area (Å²) in [5.41, 5.74) is 8.37. The second-order valence-electron chi connectivity index (χ2n) is 5.98. The quantitative estimate of drug-likeness (QED) is 0.843. The zero-order valence-electron chi connectivity index (χ0n) is 13.6. The van der Waals surface area contributed by atoms with Gasteiger partial charge in [-0.1, -0.05) is 26.2 Å². The van der Waals surface area contributed by atoms with Crippen molar-refractivity contribution in [3.8, 4) is 0 Å². The van der Waals surface area contributed by atoms with Gasteiger partial charge in [0.25, 0.3) is 0 Å². The van der Waals surface area contributed by atoms with Crippen molar-refractivity contribution in [2.24, 2.45) is 0 Å². The predicted molar refractivity (Wildman–Crippen MR) is 87.2 cm³/mol. The fourth-order valence-electron chi connectivity index (χ4n) is 3.68. The van der Waals surface area contributed by atoms with E-state index in [0.29, 0.717) is 5.82 Å². The van der Waals surface area contributed by atoms with Gasteiger partial charge < -0.3 is 15.8 Å². The molecule has 4 nitrogen and oxygen atoms in total. The van der Waals surface area contributed by atoms with E-state index in [4.69, 9.17) is 10.5 Å². The second kappa shape index (κ2) is 7.23. The Morgan fingerprint density at radius 3 is 2.62 bits per heavy atom. The van der Waals surface area contributed by atoms with Crippen LogP contribution in [-0.4, -0.2) is 23.7 Å². The molecule has 0 spiro atoms. The van der Waals surface area contributed by atoms with Gasteiger partial charge in [0.05, 0.1) is 11.6 Å². The van der Waals surface area contributed by atoms with Gasteiger partial charge >= 0.3 is 0 Å². The van der Waals surface area contributed by atoms with Crippen LogP contribution in [-0.2, 0) is 4.74 Å². The zero-order chi connectivity index (χ0) is 15.3. The van der Waals surface area contributed by atoms with Crippen molar-refractivity contribution in [2.75, 3.05) is 18.9 Å². The fourth-order valence-corrected chi connectivity index (χ4v) is 3.68. The number of aromatic nitrogens is 1. The number of hydrogen-bond donors (Lipinski definition) is 2. The van der Waals surface area contributed by atoms with Gasteiger partial charge in [-0.05, 0) is 44.9 Å². The van der Waals surface area contributed by atoms with Crippen molar-refractivity contribution >= 4 is 5.82 Å². The third-order valence-corrected chi connectivity index (χ3v) is 4.59. The van der Waals surface area contributed by atoms with Crippen molar-refractivity contribution < 1.29 is 4.74 Å². The minimum Gasteiger partial charge on any atom is -0.383 e. The molecule has 2 rings (SSSR count). The normalized spacial score (nSPS) is 19.4. The lowest BCUT2D eigenvalue weighted by molar-refractivity contribution is -0.0910. The Kier molecular flexibility index (Phi) is 5.59. The average molecular weight is 291 g/mol. The first kappa shape index (κ1) is 16.2. The van der Waals surface area contributed by atoms with Crippen molar-refractivity contribution in [2.45, 2.75) is 64.5 Å². The van der Waals surface area contributed by atoms with Gasteiger partial charge in [-0.25, -0.2) is 4.98 Å². The van der Waals surface area contributed by atoms with Gasteiger partial charge in [0.2, 0.25) is 0 Å². The molecule has 3 N–H and O–H groups in total. The third kappa shape index (κ3) is 3.38. The Balaban J connectivity index is 2.44. The summed E-state index contributed by atoms with van der Waals surface area (Å²) in [5, 5.41) is 3.63. The molecule has 1 aliphatic rings. The molecule has 1 saturated carbocycles. The second-order valence-corrected chi connectivity index (χ2v) is 5.98. The first-order valence-electron chi connectivity index (χ1n) is 8.23. The summed E-state index contributed by atoms with van der Waals surface area (Å²) in [6.45, 7) is 7.96. The first-order chi connectivity index (χ1) is 10.1. The van der Waals surface area contributed by atoms with Crippen molar-refractivity contribution in [1.82, 2.24) is 10.3 Å². The van der Waals surface area contributed by atoms with E-state index in [1.54, 1.807) is 6.20 Å². The zero-order valence-corrected chi connectivity index (χ0v) is 13.6. The lowest BCUT2D eigenvalue weighted by Gasteiger charge is -2.44. The molecule has 1 atom stereocenters. The predicted octanol–water partition coefficient (Wildman–Crippen LogP) is 3.36. The number of hydrogen-bond acceptors (Lipinski definition) is 4. The SMILES string of the molecule is CCNC(c1c(C)ccnc1N)C1(OCC)CCCCC1. The van der Waals surface area contributed by atoms with Crippen LogP contribution in [0.2, 0.25) is 0 Å². The van der Waals surface area contributed by atoms with Crippen molar-refractivity contribution in [3.05, 3.63) is 23.4 Å². The van der Waals surface area contributed by atoms with E-state index >= 15 is 0 Å². The fraction of sp³-hybridized carbons (Fsp3) is 0.706. The molecule has 0 aromatic carbocycles. The lowest BCUT2D eigenvalue weighted by Crippen LogP contribution is -2.48. The van der Waals surface area contributed by atoms with Crippen LogP contribution in [0, 0.1) is 6.92 Å². The van der Waals surface area contributed by atoms with E-state index in [-0.39, 0.29) is 11.6 Å². The molecule has 1 aromatic heterocycles. The summed E-state index contributed by atoms with van der Waals surface area (Å²) >= 11 is 0. The molecule has 0 aliphatic heterocycles. The maximum atomic E-state index is 6.30. The molecule has 4 heteroatoms. The lowest BCUT2D eigenvalue weighted by atomic mass is 9.75. The van der Waals surface area contributed by atoms with Crippen molar-refractivity contribution in [1.29, 1.82) is 0 Å². The van der Waals surface area contributed by atoms with Crippen LogP contribution in [0.5, 0.6) is 0 Å². The molecule has 0 radical (unpaired) electrons. The molecule has 1 fully saturated rings. The number of rotatable bonds is 6. The number of likely N-dealkylation sites (N-methyl/N-ethyl adjacent to an activating group) is 1. The maximum Gasteiger partial charge on any atom is 0.128 e. The highest BCUT2D eigenvalue weighted by atomic mass is 16.5. The Morgan fingerprint density at radius 1 is 1.33 bits per heavy atom. The van der Waals surface area contributed by atoms with Crippen LogP contribution in [0.3, 0.4) is 0 Å².